The Labute approximate surface area is 192 Å². The number of amides is 1. The molecule has 0 atom stereocenters. The summed E-state index contributed by atoms with van der Waals surface area (Å²) in [7, 11) is 1.58. The molecule has 3 aromatic carbocycles. The van der Waals surface area contributed by atoms with Gasteiger partial charge in [0.25, 0.3) is 11.5 Å². The molecule has 4 rings (SSSR count). The van der Waals surface area contributed by atoms with E-state index in [1.165, 1.54) is 4.57 Å². The molecule has 6 nitrogen and oxygen atoms in total. The van der Waals surface area contributed by atoms with E-state index >= 15 is 0 Å². The quantitative estimate of drug-likeness (QED) is 0.401. The van der Waals surface area contributed by atoms with Crippen molar-refractivity contribution in [1.29, 1.82) is 0 Å². The maximum Gasteiger partial charge on any atom is 0.262 e. The van der Waals surface area contributed by atoms with Gasteiger partial charge in [0, 0.05) is 29.6 Å². The summed E-state index contributed by atoms with van der Waals surface area (Å²) >= 11 is 0. The van der Waals surface area contributed by atoms with E-state index in [1.54, 1.807) is 36.4 Å². The normalized spacial score (nSPS) is 10.8. The minimum absolute atomic E-state index is 0.201. The highest BCUT2D eigenvalue weighted by molar-refractivity contribution is 6.14. The van der Waals surface area contributed by atoms with Gasteiger partial charge >= 0.3 is 0 Å². The summed E-state index contributed by atoms with van der Waals surface area (Å²) in [4.78, 5) is 28.9. The Bertz CT molecular complexity index is 1360. The maximum absolute atomic E-state index is 13.9. The van der Waals surface area contributed by atoms with Crippen molar-refractivity contribution >= 4 is 22.4 Å². The molecule has 0 saturated carbocycles. The third kappa shape index (κ3) is 4.20. The number of para-hydroxylation sites is 2. The van der Waals surface area contributed by atoms with Crippen LogP contribution in [0.3, 0.4) is 0 Å². The molecule has 6 heteroatoms. The number of rotatable bonds is 7. The van der Waals surface area contributed by atoms with Gasteiger partial charge in [-0.25, -0.2) is 0 Å². The van der Waals surface area contributed by atoms with Crippen molar-refractivity contribution in [2.75, 3.05) is 25.2 Å². The first kappa shape index (κ1) is 22.1. The van der Waals surface area contributed by atoms with E-state index < -0.39 is 0 Å². The third-order valence-electron chi connectivity index (χ3n) is 5.50. The summed E-state index contributed by atoms with van der Waals surface area (Å²) in [5, 5.41) is 1.08. The second-order valence-electron chi connectivity index (χ2n) is 7.42. The lowest BCUT2D eigenvalue weighted by Gasteiger charge is -2.24. The zero-order valence-corrected chi connectivity index (χ0v) is 18.9. The number of anilines is 1. The number of nitrogens with zero attached hydrogens (tertiary/aromatic N) is 2. The number of aromatic nitrogens is 1. The van der Waals surface area contributed by atoms with Crippen LogP contribution in [0, 0.1) is 0 Å². The van der Waals surface area contributed by atoms with Gasteiger partial charge in [0.05, 0.1) is 30.7 Å². The zero-order chi connectivity index (χ0) is 23.4. The molecule has 0 fully saturated rings. The minimum atomic E-state index is -0.211. The number of carbonyl (C=O) groups excluding carboxylic acids is 1. The van der Waals surface area contributed by atoms with E-state index in [-0.39, 0.29) is 11.5 Å². The van der Waals surface area contributed by atoms with Gasteiger partial charge in [-0.05, 0) is 44.2 Å². The Morgan fingerprint density at radius 3 is 2.39 bits per heavy atom. The summed E-state index contributed by atoms with van der Waals surface area (Å²) in [6.07, 6.45) is 1.62. The van der Waals surface area contributed by atoms with Crippen molar-refractivity contribution in [1.82, 2.24) is 4.57 Å². The molecule has 0 aliphatic carbocycles. The summed E-state index contributed by atoms with van der Waals surface area (Å²) < 4.78 is 12.6. The Hall–Kier alpha value is -4.06. The van der Waals surface area contributed by atoms with Crippen molar-refractivity contribution in [3.8, 4) is 17.2 Å². The molecule has 0 spiro atoms. The fourth-order valence-corrected chi connectivity index (χ4v) is 3.94. The SMILES string of the molecule is CCOc1ccccc1N(CC)C(=O)c1cn(-c2cccc(OC)c2)c(=O)c2ccccc12. The zero-order valence-electron chi connectivity index (χ0n) is 18.9. The smallest absolute Gasteiger partial charge is 0.262 e. The van der Waals surface area contributed by atoms with Crippen molar-refractivity contribution in [2.45, 2.75) is 13.8 Å². The number of hydrogen-bond acceptors (Lipinski definition) is 4. The summed E-state index contributed by atoms with van der Waals surface area (Å²) in [5.41, 5.74) is 1.54. The van der Waals surface area contributed by atoms with Crippen LogP contribution in [0.4, 0.5) is 5.69 Å². The van der Waals surface area contributed by atoms with Crippen molar-refractivity contribution in [2.24, 2.45) is 0 Å². The lowest BCUT2D eigenvalue weighted by Crippen LogP contribution is -2.32. The van der Waals surface area contributed by atoms with Gasteiger partial charge in [0.1, 0.15) is 11.5 Å². The Balaban J connectivity index is 1.92. The van der Waals surface area contributed by atoms with Gasteiger partial charge in [-0.15, -0.1) is 0 Å². The van der Waals surface area contributed by atoms with Crippen LogP contribution in [0.15, 0.2) is 83.8 Å². The first-order chi connectivity index (χ1) is 16.1. The standard InChI is InChI=1S/C27H26N2O4/c1-4-28(24-15-8-9-16-25(24)33-5-2)27(31)23-18-29(19-11-10-12-20(17-19)32-3)26(30)22-14-7-6-13-21(22)23/h6-18H,4-5H2,1-3H3. The van der Waals surface area contributed by atoms with Crippen LogP contribution >= 0.6 is 0 Å². The minimum Gasteiger partial charge on any atom is -0.497 e. The second kappa shape index (κ2) is 9.61. The fraction of sp³-hybridized carbons (Fsp3) is 0.185. The van der Waals surface area contributed by atoms with Gasteiger partial charge in [-0.3, -0.25) is 14.2 Å². The van der Waals surface area contributed by atoms with Crippen LogP contribution in [0.25, 0.3) is 16.5 Å². The van der Waals surface area contributed by atoms with Crippen LogP contribution < -0.4 is 19.9 Å². The largest absolute Gasteiger partial charge is 0.497 e. The maximum atomic E-state index is 13.9. The van der Waals surface area contributed by atoms with Crippen LogP contribution in [0.5, 0.6) is 11.5 Å². The van der Waals surface area contributed by atoms with Crippen LogP contribution in [0.1, 0.15) is 24.2 Å². The summed E-state index contributed by atoms with van der Waals surface area (Å²) in [6.45, 7) is 4.76. The van der Waals surface area contributed by atoms with E-state index in [1.807, 2.05) is 68.4 Å². The van der Waals surface area contributed by atoms with Gasteiger partial charge < -0.3 is 14.4 Å². The third-order valence-corrected chi connectivity index (χ3v) is 5.50. The number of benzene rings is 3. The molecule has 4 aromatic rings. The summed E-state index contributed by atoms with van der Waals surface area (Å²) in [6, 6.07) is 21.9. The molecule has 0 saturated heterocycles. The topological polar surface area (TPSA) is 60.8 Å². The number of methoxy groups -OCH3 is 1. The van der Waals surface area contributed by atoms with E-state index in [4.69, 9.17) is 9.47 Å². The molecule has 0 N–H and O–H groups in total. The van der Waals surface area contributed by atoms with Gasteiger partial charge in [-0.1, -0.05) is 36.4 Å². The van der Waals surface area contributed by atoms with Crippen LogP contribution in [-0.4, -0.2) is 30.7 Å². The molecule has 1 aromatic heterocycles. The molecule has 0 aliphatic heterocycles. The molecule has 0 aliphatic rings. The number of ether oxygens (including phenoxy) is 2. The highest BCUT2D eigenvalue weighted by Crippen LogP contribution is 2.30. The van der Waals surface area contributed by atoms with Crippen LogP contribution in [0.2, 0.25) is 0 Å². The van der Waals surface area contributed by atoms with Gasteiger partial charge in [0.15, 0.2) is 0 Å². The Kier molecular flexibility index (Phi) is 6.45. The predicted molar refractivity (Wildman–Crippen MR) is 131 cm³/mol. The van der Waals surface area contributed by atoms with Gasteiger partial charge in [0.2, 0.25) is 0 Å². The highest BCUT2D eigenvalue weighted by Gasteiger charge is 2.23. The number of pyridine rings is 1. The van der Waals surface area contributed by atoms with E-state index in [2.05, 4.69) is 0 Å². The number of fused-ring (bicyclic) bond motifs is 1. The van der Waals surface area contributed by atoms with Crippen molar-refractivity contribution in [3.05, 3.63) is 94.9 Å². The molecule has 0 unspecified atom stereocenters. The molecular formula is C27H26N2O4. The lowest BCUT2D eigenvalue weighted by atomic mass is 10.1. The number of hydrogen-bond donors (Lipinski definition) is 0. The molecule has 0 bridgehead atoms. The Morgan fingerprint density at radius 1 is 0.939 bits per heavy atom. The summed E-state index contributed by atoms with van der Waals surface area (Å²) in [5.74, 6) is 1.05. The van der Waals surface area contributed by atoms with Gasteiger partial charge in [-0.2, -0.15) is 0 Å². The molecule has 0 radical (unpaired) electrons. The van der Waals surface area contributed by atoms with E-state index in [9.17, 15) is 9.59 Å². The average molecular weight is 443 g/mol. The average Bonchev–Trinajstić information content (AvgIpc) is 2.86. The van der Waals surface area contributed by atoms with E-state index in [0.29, 0.717) is 52.4 Å². The highest BCUT2D eigenvalue weighted by atomic mass is 16.5. The lowest BCUT2D eigenvalue weighted by molar-refractivity contribution is 0.0988. The Morgan fingerprint density at radius 2 is 1.67 bits per heavy atom. The second-order valence-corrected chi connectivity index (χ2v) is 7.42. The number of carbonyl (C=O) groups is 1. The monoisotopic (exact) mass is 442 g/mol. The molecule has 33 heavy (non-hydrogen) atoms. The first-order valence-electron chi connectivity index (χ1n) is 10.9. The molecule has 168 valence electrons. The molecular weight excluding hydrogens is 416 g/mol. The van der Waals surface area contributed by atoms with Crippen molar-refractivity contribution < 1.29 is 14.3 Å². The molecule has 1 amide bonds. The fourth-order valence-electron chi connectivity index (χ4n) is 3.94. The van der Waals surface area contributed by atoms with Crippen molar-refractivity contribution in [3.63, 3.8) is 0 Å². The molecule has 1 heterocycles. The van der Waals surface area contributed by atoms with E-state index in [0.717, 1.165) is 0 Å². The van der Waals surface area contributed by atoms with Crippen LogP contribution in [-0.2, 0) is 0 Å². The predicted octanol–water partition coefficient (Wildman–Crippen LogP) is 5.06. The first-order valence-corrected chi connectivity index (χ1v) is 10.9.